The average molecular weight is 367 g/mol. The standard InChI is InChI=1S/C18H25NO5S/c1-4-6-11-7-8-12-13(9-11)25-17(16(12)18(22)24-5-2)19-14(20)10-15(21)23-3/h11H,4-10H2,1-3H3,(H,19,20). The molecule has 1 unspecified atom stereocenters. The Kier molecular flexibility index (Phi) is 6.99. The molecular weight excluding hydrogens is 342 g/mol. The van der Waals surface area contributed by atoms with Gasteiger partial charge in [-0.25, -0.2) is 4.79 Å². The first-order chi connectivity index (χ1) is 12.0. The predicted molar refractivity (Wildman–Crippen MR) is 96.0 cm³/mol. The van der Waals surface area contributed by atoms with Gasteiger partial charge in [0, 0.05) is 4.88 Å². The molecule has 0 saturated heterocycles. The Balaban J connectivity index is 2.27. The van der Waals surface area contributed by atoms with Crippen LogP contribution in [-0.4, -0.2) is 31.6 Å². The van der Waals surface area contributed by atoms with Gasteiger partial charge in [-0.05, 0) is 37.7 Å². The molecule has 2 rings (SSSR count). The summed E-state index contributed by atoms with van der Waals surface area (Å²) in [4.78, 5) is 36.9. The Bertz CT molecular complexity index is 652. The van der Waals surface area contributed by atoms with Crippen molar-refractivity contribution < 1.29 is 23.9 Å². The summed E-state index contributed by atoms with van der Waals surface area (Å²) in [6.07, 6.45) is 4.71. The van der Waals surface area contributed by atoms with E-state index in [4.69, 9.17) is 4.74 Å². The highest BCUT2D eigenvalue weighted by atomic mass is 32.1. The van der Waals surface area contributed by atoms with Crippen LogP contribution in [0.1, 0.15) is 60.3 Å². The van der Waals surface area contributed by atoms with Crippen LogP contribution in [0.15, 0.2) is 0 Å². The topological polar surface area (TPSA) is 81.7 Å². The van der Waals surface area contributed by atoms with E-state index in [-0.39, 0.29) is 13.0 Å². The fourth-order valence-electron chi connectivity index (χ4n) is 3.19. The smallest absolute Gasteiger partial charge is 0.341 e. The summed E-state index contributed by atoms with van der Waals surface area (Å²) in [5, 5.41) is 3.18. The molecule has 25 heavy (non-hydrogen) atoms. The van der Waals surface area contributed by atoms with Gasteiger partial charge in [0.25, 0.3) is 0 Å². The summed E-state index contributed by atoms with van der Waals surface area (Å²) in [5.41, 5.74) is 1.44. The molecular formula is C18H25NO5S. The van der Waals surface area contributed by atoms with Gasteiger partial charge in [-0.3, -0.25) is 9.59 Å². The third-order valence-electron chi connectivity index (χ3n) is 4.33. The second kappa shape index (κ2) is 8.99. The van der Waals surface area contributed by atoms with E-state index in [2.05, 4.69) is 17.0 Å². The Morgan fingerprint density at radius 3 is 2.68 bits per heavy atom. The Labute approximate surface area is 151 Å². The van der Waals surface area contributed by atoms with Gasteiger partial charge in [-0.15, -0.1) is 11.3 Å². The fraction of sp³-hybridized carbons (Fsp3) is 0.611. The Hall–Kier alpha value is -1.89. The zero-order valence-electron chi connectivity index (χ0n) is 15.0. The fourth-order valence-corrected chi connectivity index (χ4v) is 4.56. The van der Waals surface area contributed by atoms with Crippen molar-refractivity contribution in [2.75, 3.05) is 19.0 Å². The molecule has 0 bridgehead atoms. The maximum atomic E-state index is 12.4. The minimum absolute atomic E-state index is 0.275. The average Bonchev–Trinajstić information content (AvgIpc) is 2.92. The quantitative estimate of drug-likeness (QED) is 0.590. The highest BCUT2D eigenvalue weighted by Crippen LogP contribution is 2.41. The van der Waals surface area contributed by atoms with Crippen LogP contribution in [0.25, 0.3) is 0 Å². The second-order valence-corrected chi connectivity index (χ2v) is 7.23. The van der Waals surface area contributed by atoms with Crippen molar-refractivity contribution in [2.24, 2.45) is 5.92 Å². The number of carbonyl (C=O) groups excluding carboxylic acids is 3. The van der Waals surface area contributed by atoms with Gasteiger partial charge in [-0.2, -0.15) is 0 Å². The van der Waals surface area contributed by atoms with E-state index in [1.165, 1.54) is 18.4 Å². The van der Waals surface area contributed by atoms with Crippen molar-refractivity contribution in [1.82, 2.24) is 0 Å². The predicted octanol–water partition coefficient (Wildman–Crippen LogP) is 3.33. The molecule has 0 fully saturated rings. The molecule has 1 aliphatic rings. The first kappa shape index (κ1) is 19.4. The molecule has 0 saturated carbocycles. The lowest BCUT2D eigenvalue weighted by Gasteiger charge is -2.21. The van der Waals surface area contributed by atoms with Crippen molar-refractivity contribution in [3.63, 3.8) is 0 Å². The second-order valence-electron chi connectivity index (χ2n) is 6.13. The Morgan fingerprint density at radius 1 is 1.28 bits per heavy atom. The molecule has 1 N–H and O–H groups in total. The zero-order chi connectivity index (χ0) is 18.4. The first-order valence-corrected chi connectivity index (χ1v) is 9.50. The number of rotatable bonds is 7. The highest BCUT2D eigenvalue weighted by molar-refractivity contribution is 7.17. The van der Waals surface area contributed by atoms with Gasteiger partial charge in [0.1, 0.15) is 11.4 Å². The summed E-state index contributed by atoms with van der Waals surface area (Å²) < 4.78 is 9.69. The van der Waals surface area contributed by atoms with Crippen LogP contribution in [0.2, 0.25) is 0 Å². The third-order valence-corrected chi connectivity index (χ3v) is 5.50. The van der Waals surface area contributed by atoms with Gasteiger partial charge in [0.05, 0.1) is 19.3 Å². The van der Waals surface area contributed by atoms with Gasteiger partial charge in [0.15, 0.2) is 0 Å². The minimum Gasteiger partial charge on any atom is -0.469 e. The van der Waals surface area contributed by atoms with Gasteiger partial charge in [0.2, 0.25) is 5.91 Å². The number of esters is 2. The molecule has 1 aliphatic carbocycles. The number of nitrogens with one attached hydrogen (secondary N) is 1. The van der Waals surface area contributed by atoms with E-state index in [0.29, 0.717) is 16.5 Å². The number of fused-ring (bicyclic) bond motifs is 1. The van der Waals surface area contributed by atoms with Crippen LogP contribution < -0.4 is 5.32 Å². The number of anilines is 1. The summed E-state index contributed by atoms with van der Waals surface area (Å²) in [5.74, 6) is -0.896. The van der Waals surface area contributed by atoms with E-state index < -0.39 is 17.8 Å². The lowest BCUT2D eigenvalue weighted by molar-refractivity contribution is -0.142. The van der Waals surface area contributed by atoms with E-state index in [1.54, 1.807) is 6.92 Å². The molecule has 1 amide bonds. The zero-order valence-corrected chi connectivity index (χ0v) is 15.8. The molecule has 1 aromatic heterocycles. The summed E-state index contributed by atoms with van der Waals surface area (Å²) in [6, 6.07) is 0. The number of ether oxygens (including phenoxy) is 2. The molecule has 1 heterocycles. The highest BCUT2D eigenvalue weighted by Gasteiger charge is 2.30. The summed E-state index contributed by atoms with van der Waals surface area (Å²) in [6.45, 7) is 4.20. The van der Waals surface area contributed by atoms with Crippen LogP contribution in [0.3, 0.4) is 0 Å². The van der Waals surface area contributed by atoms with Crippen molar-refractivity contribution in [3.05, 3.63) is 16.0 Å². The van der Waals surface area contributed by atoms with Crippen LogP contribution >= 0.6 is 11.3 Å². The third kappa shape index (κ3) is 4.81. The number of amides is 1. The molecule has 1 aromatic rings. The van der Waals surface area contributed by atoms with E-state index in [9.17, 15) is 14.4 Å². The Morgan fingerprint density at radius 2 is 2.04 bits per heavy atom. The summed E-state index contributed by atoms with van der Waals surface area (Å²) >= 11 is 1.42. The molecule has 0 radical (unpaired) electrons. The van der Waals surface area contributed by atoms with Crippen molar-refractivity contribution >= 4 is 34.2 Å². The molecule has 0 spiro atoms. The number of carbonyl (C=O) groups is 3. The van der Waals surface area contributed by atoms with Crippen molar-refractivity contribution in [3.8, 4) is 0 Å². The molecule has 0 aromatic carbocycles. The molecule has 1 atom stereocenters. The number of methoxy groups -OCH3 is 1. The first-order valence-electron chi connectivity index (χ1n) is 8.68. The van der Waals surface area contributed by atoms with E-state index in [1.807, 2.05) is 0 Å². The lowest BCUT2D eigenvalue weighted by Crippen LogP contribution is -2.19. The largest absolute Gasteiger partial charge is 0.469 e. The van der Waals surface area contributed by atoms with Crippen LogP contribution in [-0.2, 0) is 31.9 Å². The van der Waals surface area contributed by atoms with Crippen molar-refractivity contribution in [1.29, 1.82) is 0 Å². The monoisotopic (exact) mass is 367 g/mol. The van der Waals surface area contributed by atoms with Gasteiger partial charge >= 0.3 is 11.9 Å². The van der Waals surface area contributed by atoms with Crippen LogP contribution in [0, 0.1) is 5.92 Å². The SMILES string of the molecule is CCCC1CCc2c(sc(NC(=O)CC(=O)OC)c2C(=O)OCC)C1. The molecule has 0 aliphatic heterocycles. The minimum atomic E-state index is -0.612. The maximum absolute atomic E-state index is 12.4. The normalized spacial score (nSPS) is 16.0. The summed E-state index contributed by atoms with van der Waals surface area (Å²) in [7, 11) is 1.23. The molecule has 6 nitrogen and oxygen atoms in total. The van der Waals surface area contributed by atoms with Crippen molar-refractivity contribution in [2.45, 2.75) is 52.4 Å². The van der Waals surface area contributed by atoms with Crippen LogP contribution in [0.5, 0.6) is 0 Å². The van der Waals surface area contributed by atoms with Gasteiger partial charge in [-0.1, -0.05) is 19.8 Å². The lowest BCUT2D eigenvalue weighted by atomic mass is 9.84. The van der Waals surface area contributed by atoms with Crippen LogP contribution in [0.4, 0.5) is 5.00 Å². The van der Waals surface area contributed by atoms with Gasteiger partial charge < -0.3 is 14.8 Å². The molecule has 138 valence electrons. The molecule has 7 heteroatoms. The number of thiophene rings is 1. The van der Waals surface area contributed by atoms with E-state index >= 15 is 0 Å². The number of hydrogen-bond acceptors (Lipinski definition) is 6. The number of hydrogen-bond donors (Lipinski definition) is 1. The van der Waals surface area contributed by atoms with E-state index in [0.717, 1.165) is 42.5 Å². The maximum Gasteiger partial charge on any atom is 0.341 e.